The van der Waals surface area contributed by atoms with Gasteiger partial charge in [0.1, 0.15) is 0 Å². The van der Waals surface area contributed by atoms with Gasteiger partial charge in [0.05, 0.1) is 0 Å². The minimum absolute atomic E-state index is 0.0667. The van der Waals surface area contributed by atoms with Crippen LogP contribution in [0.4, 0.5) is 0 Å². The molecule has 228 valence electrons. The molecule has 1 aliphatic carbocycles. The number of allylic oxidation sites excluding steroid dienone is 12. The lowest BCUT2D eigenvalue weighted by atomic mass is 9.66. The van der Waals surface area contributed by atoms with Crippen LogP contribution >= 0.6 is 0 Å². The molecule has 0 fully saturated rings. The zero-order valence-corrected chi connectivity index (χ0v) is 27.6. The Balaban J connectivity index is 2.02. The summed E-state index contributed by atoms with van der Waals surface area (Å²) >= 11 is 0. The quantitative estimate of drug-likeness (QED) is 0.157. The predicted octanol–water partition coefficient (Wildman–Crippen LogP) is 12.7. The summed E-state index contributed by atoms with van der Waals surface area (Å²) in [4.78, 5) is 0. The van der Waals surface area contributed by atoms with Crippen LogP contribution in [-0.4, -0.2) is 0 Å². The second-order valence-corrected chi connectivity index (χ2v) is 11.9. The molecule has 0 saturated carbocycles. The predicted molar refractivity (Wildman–Crippen MR) is 195 cm³/mol. The van der Waals surface area contributed by atoms with Crippen LogP contribution in [0.2, 0.25) is 0 Å². The Morgan fingerprint density at radius 3 is 2.18 bits per heavy atom. The summed E-state index contributed by atoms with van der Waals surface area (Å²) in [5.41, 5.74) is 11.3. The molecule has 0 amide bonds. The van der Waals surface area contributed by atoms with Crippen molar-refractivity contribution in [3.63, 3.8) is 0 Å². The fourth-order valence-electron chi connectivity index (χ4n) is 6.69. The van der Waals surface area contributed by atoms with Crippen LogP contribution < -0.4 is 0 Å². The van der Waals surface area contributed by atoms with Crippen molar-refractivity contribution in [3.05, 3.63) is 156 Å². The first kappa shape index (κ1) is 33.0. The molecule has 0 aromatic heterocycles. The molecule has 0 spiro atoms. The van der Waals surface area contributed by atoms with E-state index in [9.17, 15) is 0 Å². The van der Waals surface area contributed by atoms with Crippen molar-refractivity contribution in [1.29, 1.82) is 0 Å². The van der Waals surface area contributed by atoms with Gasteiger partial charge in [0.25, 0.3) is 0 Å². The second-order valence-electron chi connectivity index (χ2n) is 11.9. The SMILES string of the molecule is CC=CCCc1ccccc1-c1ccc(-c2cccc(CC=CCC)c2)c(CCC=CC)c1C1(CCC=CC)C=CC=CC1. The summed E-state index contributed by atoms with van der Waals surface area (Å²) in [6.45, 7) is 8.60. The minimum atomic E-state index is -0.0667. The molecule has 0 aliphatic heterocycles. The molecule has 0 radical (unpaired) electrons. The van der Waals surface area contributed by atoms with E-state index in [-0.39, 0.29) is 5.41 Å². The molecule has 0 heterocycles. The molecule has 0 nitrogen and oxygen atoms in total. The standard InChI is InChI=1S/C44H52/c1-5-9-14-23-36-24-22-27-38(35-36)40-30-31-42(39-28-18-17-26-37(39)25-15-10-6-2)43(41(40)29-16-11-7-3)44(32-19-12-8-4)33-20-13-21-34-44/h6-14,17-18,20-22,24,26-28,30-31,33,35H,5,15-16,19,23,25,29,32,34H2,1-4H3. The Kier molecular flexibility index (Phi) is 13.1. The maximum absolute atomic E-state index is 2.52. The van der Waals surface area contributed by atoms with E-state index in [1.54, 1.807) is 0 Å². The lowest BCUT2D eigenvalue weighted by Crippen LogP contribution is -2.27. The van der Waals surface area contributed by atoms with Crippen LogP contribution in [0.15, 0.2) is 134 Å². The molecule has 1 aliphatic rings. The van der Waals surface area contributed by atoms with Crippen molar-refractivity contribution in [3.8, 4) is 22.3 Å². The van der Waals surface area contributed by atoms with Gasteiger partial charge in [-0.25, -0.2) is 0 Å². The molecule has 3 aromatic rings. The molecule has 1 unspecified atom stereocenters. The molecular formula is C44H52. The van der Waals surface area contributed by atoms with E-state index >= 15 is 0 Å². The van der Waals surface area contributed by atoms with Gasteiger partial charge in [-0.3, -0.25) is 0 Å². The Bertz CT molecular complexity index is 1520. The van der Waals surface area contributed by atoms with Gasteiger partial charge in [-0.05, 0) is 123 Å². The van der Waals surface area contributed by atoms with Gasteiger partial charge in [-0.1, -0.05) is 140 Å². The zero-order valence-electron chi connectivity index (χ0n) is 27.6. The fraction of sp³-hybridized carbons (Fsp3) is 0.318. The minimum Gasteiger partial charge on any atom is -0.0917 e. The third kappa shape index (κ3) is 8.38. The molecule has 44 heavy (non-hydrogen) atoms. The largest absolute Gasteiger partial charge is 0.0917 e. The summed E-state index contributed by atoms with van der Waals surface area (Å²) in [6.07, 6.45) is 36.9. The summed E-state index contributed by atoms with van der Waals surface area (Å²) in [6, 6.07) is 23.3. The van der Waals surface area contributed by atoms with E-state index < -0.39 is 0 Å². The maximum atomic E-state index is 2.52. The smallest absolute Gasteiger partial charge is 0.0181 e. The van der Waals surface area contributed by atoms with E-state index in [1.165, 1.54) is 44.5 Å². The van der Waals surface area contributed by atoms with E-state index in [1.807, 2.05) is 0 Å². The van der Waals surface area contributed by atoms with Gasteiger partial charge in [-0.15, -0.1) is 0 Å². The van der Waals surface area contributed by atoms with Crippen LogP contribution in [-0.2, 0) is 24.7 Å². The number of rotatable bonds is 15. The monoisotopic (exact) mass is 580 g/mol. The van der Waals surface area contributed by atoms with Crippen molar-refractivity contribution in [2.75, 3.05) is 0 Å². The molecule has 0 bridgehead atoms. The Morgan fingerprint density at radius 2 is 1.43 bits per heavy atom. The van der Waals surface area contributed by atoms with Gasteiger partial charge >= 0.3 is 0 Å². The third-order valence-electron chi connectivity index (χ3n) is 8.86. The van der Waals surface area contributed by atoms with Crippen molar-refractivity contribution < 1.29 is 0 Å². The van der Waals surface area contributed by atoms with Crippen molar-refractivity contribution >= 4 is 0 Å². The molecule has 0 N–H and O–H groups in total. The van der Waals surface area contributed by atoms with Crippen LogP contribution in [0.25, 0.3) is 22.3 Å². The summed E-state index contributed by atoms with van der Waals surface area (Å²) in [5, 5.41) is 0. The normalized spacial score (nSPS) is 16.8. The molecular weight excluding hydrogens is 528 g/mol. The van der Waals surface area contributed by atoms with Gasteiger partial charge < -0.3 is 0 Å². The first-order valence-electron chi connectivity index (χ1n) is 16.8. The van der Waals surface area contributed by atoms with Crippen LogP contribution in [0.3, 0.4) is 0 Å². The Morgan fingerprint density at radius 1 is 0.682 bits per heavy atom. The van der Waals surface area contributed by atoms with E-state index in [4.69, 9.17) is 0 Å². The average molecular weight is 581 g/mol. The topological polar surface area (TPSA) is 0 Å². The number of hydrogen-bond acceptors (Lipinski definition) is 0. The summed E-state index contributed by atoms with van der Waals surface area (Å²) in [7, 11) is 0. The lowest BCUT2D eigenvalue weighted by molar-refractivity contribution is 0.493. The summed E-state index contributed by atoms with van der Waals surface area (Å²) in [5.74, 6) is 0. The third-order valence-corrected chi connectivity index (χ3v) is 8.86. The molecule has 0 saturated heterocycles. The highest BCUT2D eigenvalue weighted by atomic mass is 14.4. The zero-order chi connectivity index (χ0) is 31.0. The first-order valence-corrected chi connectivity index (χ1v) is 16.8. The van der Waals surface area contributed by atoms with Crippen LogP contribution in [0, 0.1) is 0 Å². The molecule has 1 atom stereocenters. The number of benzene rings is 3. The molecule has 0 heteroatoms. The van der Waals surface area contributed by atoms with Gasteiger partial charge in [0.2, 0.25) is 0 Å². The van der Waals surface area contributed by atoms with Crippen molar-refractivity contribution in [2.45, 2.75) is 90.9 Å². The number of hydrogen-bond donors (Lipinski definition) is 0. The highest BCUT2D eigenvalue weighted by molar-refractivity contribution is 5.81. The first-order chi connectivity index (χ1) is 21.7. The maximum Gasteiger partial charge on any atom is 0.0181 e. The van der Waals surface area contributed by atoms with Crippen molar-refractivity contribution in [2.24, 2.45) is 0 Å². The Hall–Kier alpha value is -3.90. The second kappa shape index (κ2) is 17.4. The van der Waals surface area contributed by atoms with E-state index in [0.717, 1.165) is 57.8 Å². The summed E-state index contributed by atoms with van der Waals surface area (Å²) < 4.78 is 0. The van der Waals surface area contributed by atoms with Crippen molar-refractivity contribution in [1.82, 2.24) is 0 Å². The van der Waals surface area contributed by atoms with Crippen LogP contribution in [0.1, 0.15) is 88.5 Å². The van der Waals surface area contributed by atoms with Gasteiger partial charge in [0, 0.05) is 5.41 Å². The molecule has 4 rings (SSSR count). The van der Waals surface area contributed by atoms with Gasteiger partial charge in [0.15, 0.2) is 0 Å². The highest BCUT2D eigenvalue weighted by Crippen LogP contribution is 2.48. The van der Waals surface area contributed by atoms with E-state index in [0.29, 0.717) is 0 Å². The van der Waals surface area contributed by atoms with E-state index in [2.05, 4.69) is 161 Å². The number of aryl methyl sites for hydroxylation is 1. The molecule has 3 aromatic carbocycles. The average Bonchev–Trinajstić information content (AvgIpc) is 3.06. The van der Waals surface area contributed by atoms with Gasteiger partial charge in [-0.2, -0.15) is 0 Å². The Labute approximate surface area is 268 Å². The highest BCUT2D eigenvalue weighted by Gasteiger charge is 2.35. The fourth-order valence-corrected chi connectivity index (χ4v) is 6.69. The lowest BCUT2D eigenvalue weighted by Gasteiger charge is -2.37. The van der Waals surface area contributed by atoms with Crippen LogP contribution in [0.5, 0.6) is 0 Å².